The minimum atomic E-state index is -1.24. The molecule has 1 atom stereocenters. The average molecular weight is 544 g/mol. The number of aromatic amines is 1. The van der Waals surface area contributed by atoms with E-state index in [-0.39, 0.29) is 33.3 Å². The van der Waals surface area contributed by atoms with Crippen LogP contribution in [0.3, 0.4) is 0 Å². The van der Waals surface area contributed by atoms with Gasteiger partial charge < -0.3 is 24.7 Å². The molecule has 7 nitrogen and oxygen atoms in total. The largest absolute Gasteiger partial charge is 0.452 e. The zero-order valence-corrected chi connectivity index (χ0v) is 23.2. The molecule has 0 fully saturated rings. The number of carbonyl (C=O) groups is 1. The van der Waals surface area contributed by atoms with Crippen molar-refractivity contribution in [1.82, 2.24) is 14.9 Å². The van der Waals surface area contributed by atoms with Gasteiger partial charge in [0.1, 0.15) is 22.8 Å². The summed E-state index contributed by atoms with van der Waals surface area (Å²) in [4.78, 5) is 29.0. The molecule has 10 heteroatoms. The van der Waals surface area contributed by atoms with E-state index in [9.17, 15) is 19.1 Å². The third-order valence-electron chi connectivity index (χ3n) is 6.71. The Morgan fingerprint density at radius 1 is 1.21 bits per heavy atom. The number of carbonyl (C=O) groups excluding carboxylic acids is 1. The number of halogens is 2. The molecule has 1 amide bonds. The van der Waals surface area contributed by atoms with Crippen molar-refractivity contribution >= 4 is 28.1 Å². The summed E-state index contributed by atoms with van der Waals surface area (Å²) in [5, 5.41) is 13.8. The number of nitrogens with one attached hydrogen (secondary N) is 2. The Hall–Kier alpha value is -3.50. The van der Waals surface area contributed by atoms with Crippen molar-refractivity contribution in [2.45, 2.75) is 53.1 Å². The Kier molecular flexibility index (Phi) is 7.24. The van der Waals surface area contributed by atoms with Crippen LogP contribution >= 0.6 is 11.3 Å². The zero-order valence-electron chi connectivity index (χ0n) is 22.4. The number of fused-ring (bicyclic) bond motifs is 1. The maximum atomic E-state index is 16.2. The second kappa shape index (κ2) is 9.99. The molecule has 0 bridgehead atoms. The third-order valence-corrected chi connectivity index (χ3v) is 8.07. The van der Waals surface area contributed by atoms with Crippen molar-refractivity contribution in [3.05, 3.63) is 68.1 Å². The zero-order chi connectivity index (χ0) is 28.1. The molecule has 3 aromatic heterocycles. The number of thiophene rings is 1. The predicted molar refractivity (Wildman–Crippen MR) is 145 cm³/mol. The molecule has 202 valence electrons. The van der Waals surface area contributed by atoms with Gasteiger partial charge in [-0.25, -0.2) is 8.78 Å². The van der Waals surface area contributed by atoms with Crippen LogP contribution in [0.2, 0.25) is 0 Å². The first-order valence-electron chi connectivity index (χ1n) is 12.2. The number of rotatable bonds is 7. The highest BCUT2D eigenvalue weighted by Crippen LogP contribution is 2.49. The number of H-pyrrole nitrogens is 1. The van der Waals surface area contributed by atoms with Crippen LogP contribution in [0.15, 0.2) is 29.2 Å². The van der Waals surface area contributed by atoms with Crippen LogP contribution in [-0.2, 0) is 7.05 Å². The SMILES string of the molecule is CCNC(=O)c1cc2c(-c3sc(C(C)C(C)(C)O)c(F)c3Oc3c(C)cc(F)cc3C)cn(C)c(=O)c2[nH]1. The molecule has 4 aromatic rings. The lowest BCUT2D eigenvalue weighted by atomic mass is 9.91. The summed E-state index contributed by atoms with van der Waals surface area (Å²) in [6.45, 7) is 10.4. The Balaban J connectivity index is 2.03. The van der Waals surface area contributed by atoms with E-state index in [1.54, 1.807) is 60.9 Å². The monoisotopic (exact) mass is 543 g/mol. The Labute approximate surface area is 223 Å². The van der Waals surface area contributed by atoms with Gasteiger partial charge in [0.05, 0.1) is 15.4 Å². The molecular formula is C28H31F2N3O4S. The van der Waals surface area contributed by atoms with Crippen molar-refractivity contribution in [2.24, 2.45) is 7.05 Å². The van der Waals surface area contributed by atoms with Crippen LogP contribution in [0.1, 0.15) is 60.1 Å². The maximum Gasteiger partial charge on any atom is 0.274 e. The smallest absolute Gasteiger partial charge is 0.274 e. The molecule has 0 aliphatic carbocycles. The first-order valence-corrected chi connectivity index (χ1v) is 13.1. The fourth-order valence-electron chi connectivity index (χ4n) is 4.33. The minimum Gasteiger partial charge on any atom is -0.452 e. The van der Waals surface area contributed by atoms with Gasteiger partial charge in [-0.2, -0.15) is 0 Å². The van der Waals surface area contributed by atoms with Gasteiger partial charge >= 0.3 is 0 Å². The number of ether oxygens (including phenoxy) is 1. The average Bonchev–Trinajstić information content (AvgIpc) is 3.40. The second-order valence-corrected chi connectivity index (χ2v) is 11.1. The third kappa shape index (κ3) is 4.86. The predicted octanol–water partition coefficient (Wildman–Crippen LogP) is 5.91. The quantitative estimate of drug-likeness (QED) is 0.270. The van der Waals surface area contributed by atoms with Crippen LogP contribution in [0.5, 0.6) is 11.5 Å². The van der Waals surface area contributed by atoms with E-state index >= 15 is 4.39 Å². The minimum absolute atomic E-state index is 0.0976. The summed E-state index contributed by atoms with van der Waals surface area (Å²) in [5.74, 6) is -1.84. The summed E-state index contributed by atoms with van der Waals surface area (Å²) < 4.78 is 37.7. The molecule has 3 N–H and O–H groups in total. The highest BCUT2D eigenvalue weighted by Gasteiger charge is 2.33. The summed E-state index contributed by atoms with van der Waals surface area (Å²) >= 11 is 1.10. The fourth-order valence-corrected chi connectivity index (χ4v) is 5.70. The van der Waals surface area contributed by atoms with E-state index in [1.807, 2.05) is 0 Å². The molecule has 3 heterocycles. The highest BCUT2D eigenvalue weighted by atomic mass is 32.1. The van der Waals surface area contributed by atoms with Crippen molar-refractivity contribution in [3.8, 4) is 21.9 Å². The topological polar surface area (TPSA) is 96.3 Å². The molecule has 4 rings (SSSR count). The molecule has 0 aliphatic heterocycles. The number of pyridine rings is 1. The number of aliphatic hydroxyl groups is 1. The normalized spacial score (nSPS) is 12.7. The van der Waals surface area contributed by atoms with Gasteiger partial charge in [-0.15, -0.1) is 11.3 Å². The lowest BCUT2D eigenvalue weighted by Crippen LogP contribution is -2.26. The van der Waals surface area contributed by atoms with E-state index in [0.717, 1.165) is 11.3 Å². The van der Waals surface area contributed by atoms with Gasteiger partial charge in [0, 0.05) is 36.7 Å². The molecule has 0 saturated carbocycles. The molecular weight excluding hydrogens is 512 g/mol. The van der Waals surface area contributed by atoms with Gasteiger partial charge in [0.15, 0.2) is 11.6 Å². The second-order valence-electron chi connectivity index (χ2n) is 10.1. The van der Waals surface area contributed by atoms with Crippen LogP contribution in [0, 0.1) is 25.5 Å². The number of nitrogens with zero attached hydrogens (tertiary/aromatic N) is 1. The van der Waals surface area contributed by atoms with E-state index < -0.39 is 23.2 Å². The van der Waals surface area contributed by atoms with Crippen molar-refractivity contribution in [3.63, 3.8) is 0 Å². The van der Waals surface area contributed by atoms with Gasteiger partial charge in [0.2, 0.25) is 0 Å². The summed E-state index contributed by atoms with van der Waals surface area (Å²) in [6, 6.07) is 4.18. The van der Waals surface area contributed by atoms with E-state index in [1.165, 1.54) is 16.7 Å². The molecule has 0 spiro atoms. The molecule has 0 radical (unpaired) electrons. The van der Waals surface area contributed by atoms with Crippen molar-refractivity contribution < 1.29 is 23.4 Å². The Bertz CT molecular complexity index is 1590. The van der Waals surface area contributed by atoms with E-state index in [0.29, 0.717) is 39.2 Å². The number of aromatic nitrogens is 2. The maximum absolute atomic E-state index is 16.2. The van der Waals surface area contributed by atoms with E-state index in [4.69, 9.17) is 4.74 Å². The van der Waals surface area contributed by atoms with E-state index in [2.05, 4.69) is 10.3 Å². The first-order chi connectivity index (χ1) is 17.7. The number of hydrogen-bond donors (Lipinski definition) is 3. The van der Waals surface area contributed by atoms with Crippen LogP contribution in [0.25, 0.3) is 21.3 Å². The summed E-state index contributed by atoms with van der Waals surface area (Å²) in [5.41, 5.74) is 0.246. The fraction of sp³-hybridized carbons (Fsp3) is 0.357. The number of aryl methyl sites for hydroxylation is 3. The first kappa shape index (κ1) is 27.5. The van der Waals surface area contributed by atoms with Gasteiger partial charge in [-0.3, -0.25) is 9.59 Å². The number of amides is 1. The molecule has 38 heavy (non-hydrogen) atoms. The number of benzene rings is 1. The van der Waals surface area contributed by atoms with Gasteiger partial charge in [0.25, 0.3) is 11.5 Å². The van der Waals surface area contributed by atoms with Crippen LogP contribution in [-0.4, -0.2) is 32.7 Å². The van der Waals surface area contributed by atoms with Crippen molar-refractivity contribution in [2.75, 3.05) is 6.54 Å². The Morgan fingerprint density at radius 2 is 1.84 bits per heavy atom. The highest BCUT2D eigenvalue weighted by molar-refractivity contribution is 7.16. The molecule has 1 unspecified atom stereocenters. The summed E-state index contributed by atoms with van der Waals surface area (Å²) in [6.07, 6.45) is 1.57. The van der Waals surface area contributed by atoms with Crippen LogP contribution in [0.4, 0.5) is 8.78 Å². The molecule has 0 saturated heterocycles. The molecule has 0 aliphatic rings. The molecule has 1 aromatic carbocycles. The standard InChI is InChI=1S/C28H31F2N3O4S/c1-8-31-26(34)19-11-17-18(12-33(7)27(35)21(17)32-19)25-23(20(30)24(38-25)15(4)28(5,6)36)37-22-13(2)9-16(29)10-14(22)3/h9-12,15,32,36H,8H2,1-7H3,(H,31,34). The van der Waals surface area contributed by atoms with Gasteiger partial charge in [-0.05, 0) is 63.9 Å². The van der Waals surface area contributed by atoms with Crippen LogP contribution < -0.4 is 15.6 Å². The van der Waals surface area contributed by atoms with Crippen molar-refractivity contribution in [1.29, 1.82) is 0 Å². The van der Waals surface area contributed by atoms with Gasteiger partial charge in [-0.1, -0.05) is 6.92 Å². The lowest BCUT2D eigenvalue weighted by molar-refractivity contribution is 0.0558. The Morgan fingerprint density at radius 3 is 2.42 bits per heavy atom. The lowest BCUT2D eigenvalue weighted by Gasteiger charge is -2.24. The number of hydrogen-bond acceptors (Lipinski definition) is 5. The summed E-state index contributed by atoms with van der Waals surface area (Å²) in [7, 11) is 1.57.